The van der Waals surface area contributed by atoms with E-state index in [9.17, 15) is 9.59 Å². The summed E-state index contributed by atoms with van der Waals surface area (Å²) in [4.78, 5) is 23.5. The Balaban J connectivity index is 1.98. The number of methoxy groups -OCH3 is 1. The molecule has 0 aliphatic heterocycles. The molecule has 1 N–H and O–H groups in total. The number of nitrogens with zero attached hydrogens (tertiary/aromatic N) is 1. The number of hydrogen-bond acceptors (Lipinski definition) is 6. The maximum absolute atomic E-state index is 12.1. The molecule has 0 fully saturated rings. The van der Waals surface area contributed by atoms with Gasteiger partial charge in [-0.25, -0.2) is 0 Å². The van der Waals surface area contributed by atoms with Crippen LogP contribution in [0.2, 0.25) is 0 Å². The average Bonchev–Trinajstić information content (AvgIpc) is 2.97. The van der Waals surface area contributed by atoms with Gasteiger partial charge in [-0.1, -0.05) is 17.3 Å². The molecule has 1 unspecified atom stereocenters. The molecule has 7 heteroatoms. The van der Waals surface area contributed by atoms with Gasteiger partial charge in [0.05, 0.1) is 19.6 Å². The maximum Gasteiger partial charge on any atom is 0.308 e. The van der Waals surface area contributed by atoms with E-state index in [-0.39, 0.29) is 18.9 Å². The second-order valence-electron chi connectivity index (χ2n) is 5.32. The van der Waals surface area contributed by atoms with E-state index in [1.165, 1.54) is 6.92 Å². The number of amides is 1. The van der Waals surface area contributed by atoms with Gasteiger partial charge in [0.15, 0.2) is 0 Å². The number of carbonyl (C=O) groups excluding carboxylic acids is 2. The van der Waals surface area contributed by atoms with Crippen LogP contribution in [0.3, 0.4) is 0 Å². The van der Waals surface area contributed by atoms with Gasteiger partial charge in [0, 0.05) is 13.0 Å². The van der Waals surface area contributed by atoms with Gasteiger partial charge < -0.3 is 19.3 Å². The van der Waals surface area contributed by atoms with Crippen LogP contribution in [0, 0.1) is 6.92 Å². The Bertz CT molecular complexity index is 693. The molecule has 1 atom stereocenters. The highest BCUT2D eigenvalue weighted by molar-refractivity contribution is 5.76. The predicted octanol–water partition coefficient (Wildman–Crippen LogP) is 2.30. The number of rotatable bonds is 7. The smallest absolute Gasteiger partial charge is 0.308 e. The Hall–Kier alpha value is -2.83. The number of hydrogen-bond donors (Lipinski definition) is 1. The van der Waals surface area contributed by atoms with Crippen LogP contribution in [0.5, 0.6) is 5.75 Å². The minimum atomic E-state index is -0.472. The molecule has 0 saturated heterocycles. The number of benzene rings is 1. The standard InChI is InChI=1S/C17H20N2O5/c1-11-8-14(19-24-11)10-23-17(21)9-16(18-12(2)20)13-4-6-15(22-3)7-5-13/h4-8,16H,9-10H2,1-3H3,(H,18,20). The van der Waals surface area contributed by atoms with Crippen molar-refractivity contribution in [3.8, 4) is 5.75 Å². The highest BCUT2D eigenvalue weighted by atomic mass is 16.5. The SMILES string of the molecule is COc1ccc(C(CC(=O)OCc2cc(C)on2)NC(C)=O)cc1. The van der Waals surface area contributed by atoms with E-state index >= 15 is 0 Å². The first-order valence-corrected chi connectivity index (χ1v) is 7.47. The van der Waals surface area contributed by atoms with Gasteiger partial charge in [-0.15, -0.1) is 0 Å². The summed E-state index contributed by atoms with van der Waals surface area (Å²) in [6, 6.07) is 8.37. The van der Waals surface area contributed by atoms with Crippen LogP contribution < -0.4 is 10.1 Å². The van der Waals surface area contributed by atoms with Crippen molar-refractivity contribution in [1.82, 2.24) is 10.5 Å². The molecular weight excluding hydrogens is 312 g/mol. The maximum atomic E-state index is 12.1. The number of esters is 1. The third-order valence-corrected chi connectivity index (χ3v) is 3.32. The summed E-state index contributed by atoms with van der Waals surface area (Å²) >= 11 is 0. The van der Waals surface area contributed by atoms with Gasteiger partial charge in [-0.3, -0.25) is 9.59 Å². The summed E-state index contributed by atoms with van der Waals surface area (Å²) in [5.74, 6) is 0.681. The number of carbonyl (C=O) groups is 2. The lowest BCUT2D eigenvalue weighted by Crippen LogP contribution is -2.28. The van der Waals surface area contributed by atoms with E-state index in [2.05, 4.69) is 10.5 Å². The van der Waals surface area contributed by atoms with Gasteiger partial charge in [-0.05, 0) is 24.6 Å². The van der Waals surface area contributed by atoms with Crippen molar-refractivity contribution in [3.05, 3.63) is 47.3 Å². The third-order valence-electron chi connectivity index (χ3n) is 3.32. The largest absolute Gasteiger partial charge is 0.497 e. The Kier molecular flexibility index (Phi) is 5.95. The van der Waals surface area contributed by atoms with Gasteiger partial charge >= 0.3 is 5.97 Å². The molecule has 2 rings (SSSR count). The van der Waals surface area contributed by atoms with Crippen LogP contribution in [0.4, 0.5) is 0 Å². The lowest BCUT2D eigenvalue weighted by molar-refractivity contribution is -0.145. The molecule has 0 aliphatic carbocycles. The monoisotopic (exact) mass is 332 g/mol. The zero-order valence-electron chi connectivity index (χ0n) is 13.9. The van der Waals surface area contributed by atoms with Gasteiger partial charge in [-0.2, -0.15) is 0 Å². The Morgan fingerprint density at radius 1 is 1.29 bits per heavy atom. The molecule has 0 radical (unpaired) electrons. The minimum Gasteiger partial charge on any atom is -0.497 e. The fourth-order valence-electron chi connectivity index (χ4n) is 2.20. The van der Waals surface area contributed by atoms with Crippen molar-refractivity contribution in [2.75, 3.05) is 7.11 Å². The zero-order valence-corrected chi connectivity index (χ0v) is 13.9. The molecule has 1 aromatic heterocycles. The molecule has 0 spiro atoms. The fourth-order valence-corrected chi connectivity index (χ4v) is 2.20. The molecular formula is C17H20N2O5. The third kappa shape index (κ3) is 5.12. The summed E-state index contributed by atoms with van der Waals surface area (Å²) in [6.45, 7) is 3.19. The highest BCUT2D eigenvalue weighted by Crippen LogP contribution is 2.21. The molecule has 128 valence electrons. The van der Waals surface area contributed by atoms with E-state index < -0.39 is 12.0 Å². The van der Waals surface area contributed by atoms with Gasteiger partial charge in [0.25, 0.3) is 0 Å². The summed E-state index contributed by atoms with van der Waals surface area (Å²) in [7, 11) is 1.57. The fraction of sp³-hybridized carbons (Fsp3) is 0.353. The van der Waals surface area contributed by atoms with Crippen molar-refractivity contribution >= 4 is 11.9 Å². The van der Waals surface area contributed by atoms with Crippen LogP contribution in [-0.4, -0.2) is 24.1 Å². The van der Waals surface area contributed by atoms with Crippen molar-refractivity contribution in [3.63, 3.8) is 0 Å². The molecule has 1 aromatic carbocycles. The summed E-state index contributed by atoms with van der Waals surface area (Å²) in [5, 5.41) is 6.51. The molecule has 1 heterocycles. The molecule has 7 nitrogen and oxygen atoms in total. The average molecular weight is 332 g/mol. The minimum absolute atomic E-state index is 0.0166. The zero-order chi connectivity index (χ0) is 17.5. The number of nitrogens with one attached hydrogen (secondary N) is 1. The first kappa shape index (κ1) is 17.5. The second-order valence-corrected chi connectivity index (χ2v) is 5.32. The highest BCUT2D eigenvalue weighted by Gasteiger charge is 2.18. The lowest BCUT2D eigenvalue weighted by Gasteiger charge is -2.18. The topological polar surface area (TPSA) is 90.7 Å². The molecule has 0 saturated carbocycles. The van der Waals surface area contributed by atoms with Crippen LogP contribution in [0.15, 0.2) is 34.9 Å². The first-order chi connectivity index (χ1) is 11.5. The van der Waals surface area contributed by atoms with Crippen LogP contribution in [0.1, 0.15) is 36.4 Å². The molecule has 24 heavy (non-hydrogen) atoms. The van der Waals surface area contributed by atoms with Crippen molar-refractivity contribution in [2.45, 2.75) is 32.9 Å². The van der Waals surface area contributed by atoms with Crippen LogP contribution in [-0.2, 0) is 20.9 Å². The first-order valence-electron chi connectivity index (χ1n) is 7.47. The van der Waals surface area contributed by atoms with E-state index in [4.69, 9.17) is 14.0 Å². The number of aryl methyl sites for hydroxylation is 1. The van der Waals surface area contributed by atoms with Crippen molar-refractivity contribution in [2.24, 2.45) is 0 Å². The molecule has 0 bridgehead atoms. The Labute approximate surface area is 139 Å². The van der Waals surface area contributed by atoms with Gasteiger partial charge in [0.1, 0.15) is 23.8 Å². The van der Waals surface area contributed by atoms with Crippen molar-refractivity contribution in [1.29, 1.82) is 0 Å². The van der Waals surface area contributed by atoms with E-state index in [1.807, 2.05) is 0 Å². The normalized spacial score (nSPS) is 11.6. The molecule has 2 aromatic rings. The number of aromatic nitrogens is 1. The summed E-state index contributed by atoms with van der Waals surface area (Å²) < 4.78 is 15.2. The second kappa shape index (κ2) is 8.14. The van der Waals surface area contributed by atoms with Crippen LogP contribution >= 0.6 is 0 Å². The van der Waals surface area contributed by atoms with Crippen molar-refractivity contribution < 1.29 is 23.6 Å². The summed E-state index contributed by atoms with van der Waals surface area (Å²) in [5.41, 5.74) is 1.33. The summed E-state index contributed by atoms with van der Waals surface area (Å²) in [6.07, 6.45) is 0.0166. The van der Waals surface area contributed by atoms with E-state index in [0.29, 0.717) is 17.2 Å². The van der Waals surface area contributed by atoms with E-state index in [1.54, 1.807) is 44.4 Å². The molecule has 0 aliphatic rings. The van der Waals surface area contributed by atoms with E-state index in [0.717, 1.165) is 5.56 Å². The predicted molar refractivity (Wildman–Crippen MR) is 85.2 cm³/mol. The Morgan fingerprint density at radius 2 is 2.00 bits per heavy atom. The Morgan fingerprint density at radius 3 is 2.54 bits per heavy atom. The van der Waals surface area contributed by atoms with Gasteiger partial charge in [0.2, 0.25) is 5.91 Å². The molecule has 1 amide bonds. The van der Waals surface area contributed by atoms with Crippen LogP contribution in [0.25, 0.3) is 0 Å². The quantitative estimate of drug-likeness (QED) is 0.782. The number of ether oxygens (including phenoxy) is 2. The lowest BCUT2D eigenvalue weighted by atomic mass is 10.0.